The van der Waals surface area contributed by atoms with Crippen LogP contribution in [-0.2, 0) is 17.3 Å². The first kappa shape index (κ1) is 43.1. The number of unbranched alkanes of at least 4 members (excludes halogenated alkanes) is 1. The molecule has 268 valence electrons. The minimum Gasteiger partial charge on any atom is -0.378 e. The van der Waals surface area contributed by atoms with Gasteiger partial charge in [-0.3, -0.25) is 0 Å². The molecular weight excluding hydrogens is 631 g/mol. The standard InChI is InChI=1S/C22H30ClN.C7H14O.C6H5F3N2.C5H10/c1-5-8-11-17(10-7-3)16(4)22-19(12-9-6-2)20-15-18(23)13-14-21(20)24-22;1-3-7-4-6(2)5-8-7;1-4-10-3-2-5(11-4)6(7,8)9;1-4-5(2)3/h8,10-11,13-16,24H,5-7,9,12H2,1-4H3;6-7H,3-5H2,1-2H3;2-3H,1H3;2,4H2,1,3H3/b11-8+,17-10+;;;. The second kappa shape index (κ2) is 22.7. The first-order valence-electron chi connectivity index (χ1n) is 17.5. The number of rotatable bonds is 10. The van der Waals surface area contributed by atoms with Crippen LogP contribution in [0.5, 0.6) is 0 Å². The molecule has 1 fully saturated rings. The van der Waals surface area contributed by atoms with Crippen molar-refractivity contribution in [3.05, 3.63) is 94.2 Å². The van der Waals surface area contributed by atoms with E-state index < -0.39 is 11.9 Å². The highest BCUT2D eigenvalue weighted by Gasteiger charge is 2.32. The minimum absolute atomic E-state index is 0.125. The van der Waals surface area contributed by atoms with Gasteiger partial charge in [0, 0.05) is 40.3 Å². The summed E-state index contributed by atoms with van der Waals surface area (Å²) >= 11 is 6.26. The predicted molar refractivity (Wildman–Crippen MR) is 199 cm³/mol. The van der Waals surface area contributed by atoms with Crippen LogP contribution in [0, 0.1) is 12.8 Å². The van der Waals surface area contributed by atoms with Crippen LogP contribution in [-0.4, -0.2) is 27.7 Å². The zero-order chi connectivity index (χ0) is 36.3. The number of allylic oxidation sites excluding steroid dienone is 5. The monoisotopic (exact) mass is 689 g/mol. The topological polar surface area (TPSA) is 50.8 Å². The summed E-state index contributed by atoms with van der Waals surface area (Å²) in [7, 11) is 0. The van der Waals surface area contributed by atoms with Crippen LogP contribution in [0.4, 0.5) is 13.2 Å². The maximum atomic E-state index is 11.9. The summed E-state index contributed by atoms with van der Waals surface area (Å²) in [4.78, 5) is 10.4. The highest BCUT2D eigenvalue weighted by Crippen LogP contribution is 2.35. The molecule has 0 bridgehead atoms. The summed E-state index contributed by atoms with van der Waals surface area (Å²) in [6, 6.07) is 7.03. The summed E-state index contributed by atoms with van der Waals surface area (Å²) in [6.07, 6.45) is 13.4. The number of alkyl halides is 3. The number of hydrogen-bond donors (Lipinski definition) is 1. The Morgan fingerprint density at radius 2 is 1.83 bits per heavy atom. The Morgan fingerprint density at radius 3 is 2.29 bits per heavy atom. The van der Waals surface area contributed by atoms with Gasteiger partial charge in [0.15, 0.2) is 0 Å². The fraction of sp³-hybridized carbons (Fsp3) is 0.550. The van der Waals surface area contributed by atoms with E-state index in [1.54, 1.807) is 0 Å². The van der Waals surface area contributed by atoms with Crippen LogP contribution in [0.3, 0.4) is 0 Å². The third-order valence-corrected chi connectivity index (χ3v) is 8.24. The molecule has 1 saturated heterocycles. The number of fused-ring (bicyclic) bond motifs is 1. The summed E-state index contributed by atoms with van der Waals surface area (Å²) in [5, 5.41) is 2.10. The molecule has 0 saturated carbocycles. The second-order valence-electron chi connectivity index (χ2n) is 12.5. The number of H-pyrrole nitrogens is 1. The molecule has 4 rings (SSSR count). The fourth-order valence-electron chi connectivity index (χ4n) is 5.06. The van der Waals surface area contributed by atoms with Crippen molar-refractivity contribution < 1.29 is 17.9 Å². The number of hydrogen-bond acceptors (Lipinski definition) is 3. The lowest BCUT2D eigenvalue weighted by atomic mass is 9.91. The van der Waals surface area contributed by atoms with Gasteiger partial charge in [-0.15, -0.1) is 6.58 Å². The van der Waals surface area contributed by atoms with E-state index in [0.717, 1.165) is 55.5 Å². The Hall–Kier alpha value is -2.90. The second-order valence-corrected chi connectivity index (χ2v) is 12.9. The number of aromatic nitrogens is 3. The van der Waals surface area contributed by atoms with E-state index in [4.69, 9.17) is 16.3 Å². The first-order valence-corrected chi connectivity index (χ1v) is 17.9. The van der Waals surface area contributed by atoms with Gasteiger partial charge in [0.05, 0.1) is 6.10 Å². The van der Waals surface area contributed by atoms with E-state index in [2.05, 4.69) is 100 Å². The molecule has 1 aliphatic rings. The smallest absolute Gasteiger partial charge is 0.378 e. The molecule has 0 spiro atoms. The molecule has 48 heavy (non-hydrogen) atoms. The van der Waals surface area contributed by atoms with Gasteiger partial charge in [-0.1, -0.05) is 90.3 Å². The van der Waals surface area contributed by atoms with Gasteiger partial charge in [0.1, 0.15) is 11.5 Å². The number of nitrogens with zero attached hydrogens (tertiary/aromatic N) is 2. The van der Waals surface area contributed by atoms with Gasteiger partial charge >= 0.3 is 6.18 Å². The average Bonchev–Trinajstić information content (AvgIpc) is 3.64. The van der Waals surface area contributed by atoms with Crippen LogP contribution in [0.15, 0.2) is 66.4 Å². The Kier molecular flexibility index (Phi) is 20.4. The Labute approximate surface area is 293 Å². The summed E-state index contributed by atoms with van der Waals surface area (Å²) in [5.41, 5.74) is 5.74. The molecule has 0 amide bonds. The molecular formula is C40H59ClF3N3O. The molecule has 2 aromatic heterocycles. The summed E-state index contributed by atoms with van der Waals surface area (Å²) in [5.74, 6) is 1.30. The molecule has 3 unspecified atom stereocenters. The molecule has 3 atom stereocenters. The van der Waals surface area contributed by atoms with Crippen LogP contribution in [0.25, 0.3) is 10.9 Å². The van der Waals surface area contributed by atoms with Crippen molar-refractivity contribution >= 4 is 22.5 Å². The molecule has 0 aliphatic carbocycles. The van der Waals surface area contributed by atoms with Crippen molar-refractivity contribution in [2.75, 3.05) is 6.61 Å². The van der Waals surface area contributed by atoms with E-state index >= 15 is 0 Å². The van der Waals surface area contributed by atoms with Crippen LogP contribution < -0.4 is 0 Å². The highest BCUT2D eigenvalue weighted by atomic mass is 35.5. The van der Waals surface area contributed by atoms with Crippen LogP contribution in [0.2, 0.25) is 5.02 Å². The molecule has 3 aromatic rings. The number of aryl methyl sites for hydroxylation is 2. The van der Waals surface area contributed by atoms with Gasteiger partial charge in [-0.2, -0.15) is 13.2 Å². The molecule has 1 N–H and O–H groups in total. The zero-order valence-corrected chi connectivity index (χ0v) is 31.5. The third-order valence-electron chi connectivity index (χ3n) is 8.01. The Morgan fingerprint density at radius 1 is 1.15 bits per heavy atom. The molecule has 8 heteroatoms. The Balaban J connectivity index is 0.000000392. The maximum absolute atomic E-state index is 11.9. The van der Waals surface area contributed by atoms with E-state index in [-0.39, 0.29) is 5.82 Å². The largest absolute Gasteiger partial charge is 0.433 e. The lowest BCUT2D eigenvalue weighted by Gasteiger charge is -2.15. The SMILES string of the molecule is C=C(C)CC.CC/C=C/C(=C\CC)C(C)c1[nH]c2ccc(Cl)cc2c1CCCC.CCC1CC(C)CO1.Cc1nccc(C(F)(F)F)n1. The number of ether oxygens (including phenoxy) is 1. The molecule has 0 radical (unpaired) electrons. The van der Waals surface area contributed by atoms with Crippen LogP contribution >= 0.6 is 11.6 Å². The van der Waals surface area contributed by atoms with Gasteiger partial charge in [-0.25, -0.2) is 9.97 Å². The number of aromatic amines is 1. The molecule has 3 heterocycles. The number of benzene rings is 1. The fourth-order valence-corrected chi connectivity index (χ4v) is 5.23. The van der Waals surface area contributed by atoms with Gasteiger partial charge in [0.2, 0.25) is 0 Å². The normalized spacial score (nSPS) is 16.8. The predicted octanol–water partition coefficient (Wildman–Crippen LogP) is 13.2. The van der Waals surface area contributed by atoms with Crippen molar-refractivity contribution in [3.63, 3.8) is 0 Å². The Bertz CT molecular complexity index is 1430. The molecule has 4 nitrogen and oxygen atoms in total. The van der Waals surface area contributed by atoms with E-state index in [0.29, 0.717) is 12.0 Å². The van der Waals surface area contributed by atoms with Crippen molar-refractivity contribution in [1.29, 1.82) is 0 Å². The number of nitrogens with one attached hydrogen (secondary N) is 1. The van der Waals surface area contributed by atoms with Gasteiger partial charge in [-0.05, 0) is 100 Å². The minimum atomic E-state index is -4.37. The zero-order valence-electron chi connectivity index (χ0n) is 30.7. The molecule has 1 aliphatic heterocycles. The van der Waals surface area contributed by atoms with Crippen molar-refractivity contribution in [3.8, 4) is 0 Å². The first-order chi connectivity index (χ1) is 22.7. The number of halogens is 4. The summed E-state index contributed by atoms with van der Waals surface area (Å²) < 4.78 is 41.0. The lowest BCUT2D eigenvalue weighted by molar-refractivity contribution is -0.141. The van der Waals surface area contributed by atoms with E-state index in [9.17, 15) is 13.2 Å². The maximum Gasteiger partial charge on any atom is 0.433 e. The van der Waals surface area contributed by atoms with E-state index in [1.807, 2.05) is 13.0 Å². The quantitative estimate of drug-likeness (QED) is 0.170. The van der Waals surface area contributed by atoms with Gasteiger partial charge in [0.25, 0.3) is 0 Å². The van der Waals surface area contributed by atoms with Crippen molar-refractivity contribution in [1.82, 2.24) is 15.0 Å². The van der Waals surface area contributed by atoms with Crippen molar-refractivity contribution in [2.24, 2.45) is 5.92 Å². The van der Waals surface area contributed by atoms with Crippen LogP contribution in [0.1, 0.15) is 129 Å². The summed E-state index contributed by atoms with van der Waals surface area (Å²) in [6.45, 7) is 23.6. The average molecular weight is 690 g/mol. The van der Waals surface area contributed by atoms with Gasteiger partial charge < -0.3 is 9.72 Å². The molecule has 1 aromatic carbocycles. The lowest BCUT2D eigenvalue weighted by Crippen LogP contribution is -2.08. The van der Waals surface area contributed by atoms with Crippen molar-refractivity contribution in [2.45, 2.75) is 132 Å². The van der Waals surface area contributed by atoms with E-state index in [1.165, 1.54) is 65.9 Å². The third kappa shape index (κ3) is 15.5. The highest BCUT2D eigenvalue weighted by molar-refractivity contribution is 6.31.